The Morgan fingerprint density at radius 1 is 1.32 bits per heavy atom. The van der Waals surface area contributed by atoms with E-state index in [-0.39, 0.29) is 24.4 Å². The summed E-state index contributed by atoms with van der Waals surface area (Å²) in [6, 6.07) is 10.5. The minimum Gasteiger partial charge on any atom is -0.349 e. The number of H-pyrrole nitrogens is 1. The fraction of sp³-hybridized carbons (Fsp3) is 0.375. The number of carbonyl (C=O) groups is 1. The van der Waals surface area contributed by atoms with Crippen molar-refractivity contribution in [3.05, 3.63) is 42.1 Å². The first-order chi connectivity index (χ1) is 10.2. The molecule has 2 unspecified atom stereocenters. The predicted octanol–water partition coefficient (Wildman–Crippen LogP) is 2.37. The molecule has 1 aliphatic heterocycles. The Balaban J connectivity index is 0.00000176. The van der Waals surface area contributed by atoms with Crippen molar-refractivity contribution in [3.63, 3.8) is 0 Å². The Kier molecular flexibility index (Phi) is 5.57. The molecule has 3 rings (SSSR count). The monoisotopic (exact) mass is 320 g/mol. The maximum absolute atomic E-state index is 12.5. The Morgan fingerprint density at radius 3 is 2.82 bits per heavy atom. The van der Waals surface area contributed by atoms with Crippen molar-refractivity contribution in [1.29, 1.82) is 0 Å². The van der Waals surface area contributed by atoms with Crippen LogP contribution in [0.5, 0.6) is 0 Å². The summed E-state index contributed by atoms with van der Waals surface area (Å²) in [6.45, 7) is 3.09. The third kappa shape index (κ3) is 3.67. The second-order valence-corrected chi connectivity index (χ2v) is 5.57. The van der Waals surface area contributed by atoms with Crippen LogP contribution in [0.1, 0.15) is 30.1 Å². The number of amides is 1. The highest BCUT2D eigenvalue weighted by molar-refractivity contribution is 5.99. The van der Waals surface area contributed by atoms with Gasteiger partial charge >= 0.3 is 0 Å². The van der Waals surface area contributed by atoms with Gasteiger partial charge in [-0.25, -0.2) is 0 Å². The summed E-state index contributed by atoms with van der Waals surface area (Å²) in [6.07, 6.45) is 3.53. The number of hydrogen-bond acceptors (Lipinski definition) is 3. The number of halogens is 1. The SMILES string of the molecule is CC1CC(NC(=O)c2cn[nH]c2-c2ccccc2)CCN1.Cl. The molecule has 0 spiro atoms. The van der Waals surface area contributed by atoms with E-state index in [1.165, 1.54) is 0 Å². The van der Waals surface area contributed by atoms with E-state index in [9.17, 15) is 4.79 Å². The summed E-state index contributed by atoms with van der Waals surface area (Å²) in [4.78, 5) is 12.5. The van der Waals surface area contributed by atoms with Crippen molar-refractivity contribution < 1.29 is 4.79 Å². The number of piperidine rings is 1. The highest BCUT2D eigenvalue weighted by atomic mass is 35.5. The molecule has 2 atom stereocenters. The molecule has 22 heavy (non-hydrogen) atoms. The highest BCUT2D eigenvalue weighted by Gasteiger charge is 2.22. The molecule has 0 bridgehead atoms. The average molecular weight is 321 g/mol. The van der Waals surface area contributed by atoms with Crippen LogP contribution in [-0.2, 0) is 0 Å². The van der Waals surface area contributed by atoms with Crippen LogP contribution in [0.2, 0.25) is 0 Å². The van der Waals surface area contributed by atoms with Crippen LogP contribution in [0.3, 0.4) is 0 Å². The normalized spacial score (nSPS) is 21.0. The number of nitrogens with one attached hydrogen (secondary N) is 3. The van der Waals surface area contributed by atoms with Gasteiger partial charge in [0.2, 0.25) is 0 Å². The molecule has 2 heterocycles. The van der Waals surface area contributed by atoms with Crippen LogP contribution >= 0.6 is 12.4 Å². The molecule has 1 aromatic carbocycles. The van der Waals surface area contributed by atoms with E-state index in [1.54, 1.807) is 6.20 Å². The van der Waals surface area contributed by atoms with Gasteiger partial charge in [0.15, 0.2) is 0 Å². The minimum absolute atomic E-state index is 0. The van der Waals surface area contributed by atoms with E-state index in [0.29, 0.717) is 11.6 Å². The summed E-state index contributed by atoms with van der Waals surface area (Å²) in [7, 11) is 0. The summed E-state index contributed by atoms with van der Waals surface area (Å²) in [5.74, 6) is -0.0540. The fourth-order valence-corrected chi connectivity index (χ4v) is 2.81. The Bertz CT molecular complexity index is 614. The number of carbonyl (C=O) groups excluding carboxylic acids is 1. The van der Waals surface area contributed by atoms with E-state index >= 15 is 0 Å². The maximum Gasteiger partial charge on any atom is 0.255 e. The van der Waals surface area contributed by atoms with Crippen molar-refractivity contribution in [1.82, 2.24) is 20.8 Å². The van der Waals surface area contributed by atoms with Gasteiger partial charge in [-0.3, -0.25) is 9.89 Å². The number of nitrogens with zero attached hydrogens (tertiary/aromatic N) is 1. The third-order valence-corrected chi connectivity index (χ3v) is 3.91. The maximum atomic E-state index is 12.5. The van der Waals surface area contributed by atoms with Crippen LogP contribution in [0, 0.1) is 0 Å². The smallest absolute Gasteiger partial charge is 0.255 e. The lowest BCUT2D eigenvalue weighted by atomic mass is 10.00. The molecule has 2 aromatic rings. The lowest BCUT2D eigenvalue weighted by Crippen LogP contribution is -2.46. The first-order valence-corrected chi connectivity index (χ1v) is 7.37. The van der Waals surface area contributed by atoms with Crippen molar-refractivity contribution >= 4 is 18.3 Å². The van der Waals surface area contributed by atoms with Crippen molar-refractivity contribution in [2.24, 2.45) is 0 Å². The second-order valence-electron chi connectivity index (χ2n) is 5.57. The molecular weight excluding hydrogens is 300 g/mol. The number of aromatic nitrogens is 2. The van der Waals surface area contributed by atoms with Gasteiger partial charge in [-0.2, -0.15) is 5.10 Å². The molecule has 0 saturated carbocycles. The summed E-state index contributed by atoms with van der Waals surface area (Å²) < 4.78 is 0. The second kappa shape index (κ2) is 7.42. The average Bonchev–Trinajstić information content (AvgIpc) is 2.98. The summed E-state index contributed by atoms with van der Waals surface area (Å²) >= 11 is 0. The number of aromatic amines is 1. The van der Waals surface area contributed by atoms with Gasteiger partial charge in [0.25, 0.3) is 5.91 Å². The van der Waals surface area contributed by atoms with Crippen LogP contribution in [0.15, 0.2) is 36.5 Å². The highest BCUT2D eigenvalue weighted by Crippen LogP contribution is 2.21. The van der Waals surface area contributed by atoms with Gasteiger partial charge in [-0.05, 0) is 26.3 Å². The minimum atomic E-state index is -0.0540. The summed E-state index contributed by atoms with van der Waals surface area (Å²) in [5, 5.41) is 13.5. The van der Waals surface area contributed by atoms with Crippen molar-refractivity contribution in [2.45, 2.75) is 31.8 Å². The topological polar surface area (TPSA) is 69.8 Å². The lowest BCUT2D eigenvalue weighted by molar-refractivity contribution is 0.0926. The first kappa shape index (κ1) is 16.5. The fourth-order valence-electron chi connectivity index (χ4n) is 2.81. The Hall–Kier alpha value is -1.85. The number of benzene rings is 1. The number of hydrogen-bond donors (Lipinski definition) is 3. The predicted molar refractivity (Wildman–Crippen MR) is 89.2 cm³/mol. The molecule has 3 N–H and O–H groups in total. The molecule has 1 fully saturated rings. The molecule has 1 amide bonds. The van der Waals surface area contributed by atoms with Gasteiger partial charge < -0.3 is 10.6 Å². The standard InChI is InChI=1S/C16H20N4O.ClH/c1-11-9-13(7-8-17-11)19-16(21)14-10-18-20-15(14)12-5-3-2-4-6-12;/h2-6,10-11,13,17H,7-9H2,1H3,(H,18,20)(H,19,21);1H. The van der Waals surface area contributed by atoms with Gasteiger partial charge in [-0.1, -0.05) is 30.3 Å². The zero-order chi connectivity index (χ0) is 14.7. The van der Waals surface area contributed by atoms with E-state index in [1.807, 2.05) is 30.3 Å². The van der Waals surface area contributed by atoms with Gasteiger partial charge in [-0.15, -0.1) is 12.4 Å². The molecule has 5 nitrogen and oxygen atoms in total. The molecule has 0 radical (unpaired) electrons. The van der Waals surface area contributed by atoms with Crippen LogP contribution in [0.25, 0.3) is 11.3 Å². The van der Waals surface area contributed by atoms with Crippen molar-refractivity contribution in [3.8, 4) is 11.3 Å². The van der Waals surface area contributed by atoms with Gasteiger partial charge in [0.05, 0.1) is 17.5 Å². The number of rotatable bonds is 3. The van der Waals surface area contributed by atoms with Gasteiger partial charge in [0.1, 0.15) is 0 Å². The Labute approximate surface area is 136 Å². The third-order valence-electron chi connectivity index (χ3n) is 3.91. The molecule has 1 aromatic heterocycles. The summed E-state index contributed by atoms with van der Waals surface area (Å²) in [5.41, 5.74) is 2.35. The van der Waals surface area contributed by atoms with E-state index < -0.39 is 0 Å². The molecule has 1 aliphatic rings. The van der Waals surface area contributed by atoms with E-state index in [4.69, 9.17) is 0 Å². The molecule has 6 heteroatoms. The molecule has 0 aliphatic carbocycles. The molecule has 118 valence electrons. The zero-order valence-electron chi connectivity index (χ0n) is 12.5. The van der Waals surface area contributed by atoms with Crippen LogP contribution in [0.4, 0.5) is 0 Å². The van der Waals surface area contributed by atoms with Gasteiger partial charge in [0, 0.05) is 17.6 Å². The molecule has 1 saturated heterocycles. The first-order valence-electron chi connectivity index (χ1n) is 7.37. The quantitative estimate of drug-likeness (QED) is 0.813. The zero-order valence-corrected chi connectivity index (χ0v) is 13.3. The molecular formula is C16H21ClN4O. The largest absolute Gasteiger partial charge is 0.349 e. The van der Waals surface area contributed by atoms with E-state index in [0.717, 1.165) is 30.6 Å². The Morgan fingerprint density at radius 2 is 2.09 bits per heavy atom. The lowest BCUT2D eigenvalue weighted by Gasteiger charge is -2.28. The van der Waals surface area contributed by atoms with Crippen molar-refractivity contribution in [2.75, 3.05) is 6.54 Å². The van der Waals surface area contributed by atoms with Crippen LogP contribution in [-0.4, -0.2) is 34.7 Å². The van der Waals surface area contributed by atoms with Crippen LogP contribution < -0.4 is 10.6 Å². The van der Waals surface area contributed by atoms with E-state index in [2.05, 4.69) is 27.8 Å².